The number of rotatable bonds is 12. The van der Waals surface area contributed by atoms with Gasteiger partial charge in [-0.1, -0.05) is 48.5 Å². The van der Waals surface area contributed by atoms with Gasteiger partial charge in [-0.05, 0) is 36.2 Å². The van der Waals surface area contributed by atoms with Gasteiger partial charge in [0.2, 0.25) is 0 Å². The molecule has 192 valence electrons. The van der Waals surface area contributed by atoms with Gasteiger partial charge < -0.3 is 24.1 Å². The Bertz CT molecular complexity index is 1390. The van der Waals surface area contributed by atoms with Gasteiger partial charge in [-0.3, -0.25) is 4.90 Å². The van der Waals surface area contributed by atoms with Crippen LogP contribution in [0.5, 0.6) is 5.75 Å². The van der Waals surface area contributed by atoms with Crippen molar-refractivity contribution in [2.75, 3.05) is 19.7 Å². The second-order valence-corrected chi connectivity index (χ2v) is 9.50. The van der Waals surface area contributed by atoms with E-state index in [1.54, 1.807) is 6.20 Å². The van der Waals surface area contributed by atoms with Crippen LogP contribution in [0.2, 0.25) is 0 Å². The van der Waals surface area contributed by atoms with Crippen LogP contribution in [0.15, 0.2) is 85.2 Å². The highest BCUT2D eigenvalue weighted by atomic mass is 16.5. The highest BCUT2D eigenvalue weighted by Crippen LogP contribution is 2.29. The number of hydrogen-bond acceptors (Lipinski definition) is 5. The van der Waals surface area contributed by atoms with E-state index in [4.69, 9.17) is 4.74 Å². The number of aromatic nitrogens is 3. The number of hydrogen-bond donors (Lipinski definition) is 2. The maximum atomic E-state index is 11.2. The molecule has 2 heterocycles. The second-order valence-electron chi connectivity index (χ2n) is 9.50. The van der Waals surface area contributed by atoms with Crippen LogP contribution in [0, 0.1) is 0 Å². The molecule has 2 N–H and O–H groups in total. The lowest BCUT2D eigenvalue weighted by Crippen LogP contribution is -2.35. The summed E-state index contributed by atoms with van der Waals surface area (Å²) in [6.07, 6.45) is 3.77. The van der Waals surface area contributed by atoms with Crippen LogP contribution >= 0.6 is 0 Å². The fourth-order valence-corrected chi connectivity index (χ4v) is 4.93. The average molecular weight is 499 g/mol. The molecule has 0 saturated heterocycles. The molecule has 1 unspecified atom stereocenters. The predicted octanol–water partition coefficient (Wildman–Crippen LogP) is 4.35. The maximum Gasteiger partial charge on any atom is 0.146 e. The van der Waals surface area contributed by atoms with E-state index < -0.39 is 6.10 Å². The fourth-order valence-electron chi connectivity index (χ4n) is 4.93. The van der Waals surface area contributed by atoms with Gasteiger partial charge in [-0.25, -0.2) is 4.98 Å². The van der Waals surface area contributed by atoms with Gasteiger partial charge in [-0.2, -0.15) is 0 Å². The number of para-hydroxylation sites is 2. The summed E-state index contributed by atoms with van der Waals surface area (Å²) in [6.45, 7) is 2.95. The number of fused-ring (bicyclic) bond motifs is 3. The number of aliphatic hydroxyl groups excluding tert-OH is 2. The van der Waals surface area contributed by atoms with Crippen molar-refractivity contribution < 1.29 is 14.9 Å². The molecule has 5 rings (SSSR count). The lowest BCUT2D eigenvalue weighted by molar-refractivity contribution is 0.0921. The SMILES string of the molecule is Cn1ccnc1COc1ccc(CN(CCCO)CC(O)Cn2c3ccccc3c3ccccc32)cc1. The quantitative estimate of drug-likeness (QED) is 0.267. The number of ether oxygens (including phenoxy) is 1. The van der Waals surface area contributed by atoms with Gasteiger partial charge >= 0.3 is 0 Å². The molecular weight excluding hydrogens is 464 g/mol. The zero-order chi connectivity index (χ0) is 25.6. The summed E-state index contributed by atoms with van der Waals surface area (Å²) in [5.41, 5.74) is 3.39. The van der Waals surface area contributed by atoms with Gasteiger partial charge in [0.15, 0.2) is 0 Å². The van der Waals surface area contributed by atoms with E-state index in [-0.39, 0.29) is 6.61 Å². The van der Waals surface area contributed by atoms with Gasteiger partial charge in [0.05, 0.1) is 12.6 Å². The molecule has 7 nitrogen and oxygen atoms in total. The summed E-state index contributed by atoms with van der Waals surface area (Å²) in [4.78, 5) is 6.50. The summed E-state index contributed by atoms with van der Waals surface area (Å²) in [5, 5.41) is 23.0. The zero-order valence-corrected chi connectivity index (χ0v) is 21.2. The lowest BCUT2D eigenvalue weighted by atomic mass is 10.2. The van der Waals surface area contributed by atoms with E-state index in [0.717, 1.165) is 28.2 Å². The van der Waals surface area contributed by atoms with E-state index >= 15 is 0 Å². The average Bonchev–Trinajstić information content (AvgIpc) is 3.47. The number of aryl methyl sites for hydroxylation is 1. The fraction of sp³-hybridized carbons (Fsp3) is 0.300. The van der Waals surface area contributed by atoms with Crippen LogP contribution in [0.4, 0.5) is 0 Å². The van der Waals surface area contributed by atoms with Crippen molar-refractivity contribution in [3.63, 3.8) is 0 Å². The van der Waals surface area contributed by atoms with E-state index in [9.17, 15) is 10.2 Å². The van der Waals surface area contributed by atoms with Crippen molar-refractivity contribution >= 4 is 21.8 Å². The molecule has 0 spiro atoms. The third kappa shape index (κ3) is 5.85. The molecule has 0 aliphatic carbocycles. The summed E-state index contributed by atoms with van der Waals surface area (Å²) in [6, 6.07) is 24.7. The van der Waals surface area contributed by atoms with Crippen LogP contribution in [0.1, 0.15) is 17.8 Å². The maximum absolute atomic E-state index is 11.2. The third-order valence-corrected chi connectivity index (χ3v) is 6.79. The first-order chi connectivity index (χ1) is 18.1. The molecule has 0 aliphatic heterocycles. The van der Waals surface area contributed by atoms with Crippen LogP contribution in [0.3, 0.4) is 0 Å². The molecule has 0 bridgehead atoms. The summed E-state index contributed by atoms with van der Waals surface area (Å²) in [5.74, 6) is 1.66. The molecule has 0 amide bonds. The van der Waals surface area contributed by atoms with Crippen LogP contribution in [0.25, 0.3) is 21.8 Å². The van der Waals surface area contributed by atoms with E-state index in [1.165, 1.54) is 10.8 Å². The smallest absolute Gasteiger partial charge is 0.146 e. The van der Waals surface area contributed by atoms with Crippen molar-refractivity contribution in [3.8, 4) is 5.75 Å². The minimum absolute atomic E-state index is 0.124. The number of benzene rings is 3. The van der Waals surface area contributed by atoms with Gasteiger partial charge in [0.1, 0.15) is 18.2 Å². The van der Waals surface area contributed by atoms with Gasteiger partial charge in [-0.15, -0.1) is 0 Å². The summed E-state index contributed by atoms with van der Waals surface area (Å²) in [7, 11) is 1.95. The Morgan fingerprint density at radius 3 is 2.24 bits per heavy atom. The highest BCUT2D eigenvalue weighted by molar-refractivity contribution is 6.07. The summed E-state index contributed by atoms with van der Waals surface area (Å²) >= 11 is 0. The second kappa shape index (κ2) is 11.6. The molecule has 0 aliphatic rings. The Balaban J connectivity index is 1.25. The molecule has 1 atom stereocenters. The number of nitrogens with zero attached hydrogens (tertiary/aromatic N) is 4. The van der Waals surface area contributed by atoms with Crippen molar-refractivity contribution in [3.05, 3.63) is 96.6 Å². The summed E-state index contributed by atoms with van der Waals surface area (Å²) < 4.78 is 10.0. The molecule has 5 aromatic rings. The van der Waals surface area contributed by atoms with E-state index in [1.807, 2.05) is 42.1 Å². The Hall–Kier alpha value is -3.65. The lowest BCUT2D eigenvalue weighted by Gasteiger charge is -2.26. The first-order valence-corrected chi connectivity index (χ1v) is 12.8. The molecule has 0 saturated carbocycles. The standard InChI is InChI=1S/C30H34N4O3/c1-32-17-15-31-30(32)22-37-25-13-11-23(12-14-25)19-33(16-6-18-35)20-24(36)21-34-28-9-4-2-7-26(28)27-8-3-5-10-29(27)34/h2-5,7-15,17,24,35-36H,6,16,18-22H2,1H3. The van der Waals surface area contributed by atoms with Crippen LogP contribution in [-0.2, 0) is 26.7 Å². The van der Waals surface area contributed by atoms with Crippen molar-refractivity contribution in [1.82, 2.24) is 19.0 Å². The van der Waals surface area contributed by atoms with Crippen molar-refractivity contribution in [1.29, 1.82) is 0 Å². The number of aliphatic hydroxyl groups is 2. The first kappa shape index (κ1) is 25.0. The molecule has 2 aromatic heterocycles. The topological polar surface area (TPSA) is 75.7 Å². The van der Waals surface area contributed by atoms with Gasteiger partial charge in [0, 0.05) is 67.5 Å². The van der Waals surface area contributed by atoms with Crippen LogP contribution in [-0.4, -0.2) is 55.0 Å². The minimum Gasteiger partial charge on any atom is -0.486 e. The largest absolute Gasteiger partial charge is 0.486 e. The zero-order valence-electron chi connectivity index (χ0n) is 21.2. The number of imidazole rings is 1. The van der Waals surface area contributed by atoms with Crippen LogP contribution < -0.4 is 4.74 Å². The van der Waals surface area contributed by atoms with E-state index in [0.29, 0.717) is 39.2 Å². The predicted molar refractivity (Wildman–Crippen MR) is 146 cm³/mol. The highest BCUT2D eigenvalue weighted by Gasteiger charge is 2.17. The molecule has 0 fully saturated rings. The molecular formula is C30H34N4O3. The Morgan fingerprint density at radius 1 is 0.946 bits per heavy atom. The van der Waals surface area contributed by atoms with Crippen molar-refractivity contribution in [2.24, 2.45) is 7.05 Å². The first-order valence-electron chi connectivity index (χ1n) is 12.8. The molecule has 7 heteroatoms. The Kier molecular flexibility index (Phi) is 7.84. The van der Waals surface area contributed by atoms with Gasteiger partial charge in [0.25, 0.3) is 0 Å². The minimum atomic E-state index is -0.557. The Morgan fingerprint density at radius 2 is 1.62 bits per heavy atom. The van der Waals surface area contributed by atoms with E-state index in [2.05, 4.69) is 63.0 Å². The normalized spacial score (nSPS) is 12.5. The molecule has 37 heavy (non-hydrogen) atoms. The van der Waals surface area contributed by atoms with Crippen molar-refractivity contribution in [2.45, 2.75) is 32.2 Å². The molecule has 3 aromatic carbocycles. The Labute approximate surface area is 217 Å². The molecule has 0 radical (unpaired) electrons. The third-order valence-electron chi connectivity index (χ3n) is 6.79. The monoisotopic (exact) mass is 498 g/mol.